The van der Waals surface area contributed by atoms with Gasteiger partial charge in [-0.2, -0.15) is 9.78 Å². The highest BCUT2D eigenvalue weighted by atomic mass is 32.2. The Balaban J connectivity index is 1.63. The molecule has 1 unspecified atom stereocenters. The Bertz CT molecular complexity index is 942. The highest BCUT2D eigenvalue weighted by molar-refractivity contribution is 7.99. The van der Waals surface area contributed by atoms with Crippen molar-refractivity contribution in [2.45, 2.75) is 38.3 Å². The summed E-state index contributed by atoms with van der Waals surface area (Å²) in [5.41, 5.74) is 4.84. The zero-order valence-corrected chi connectivity index (χ0v) is 16.8. The molecular formula is C22H24N4S. The Morgan fingerprint density at radius 3 is 2.41 bits per heavy atom. The van der Waals surface area contributed by atoms with Gasteiger partial charge in [0, 0.05) is 11.7 Å². The van der Waals surface area contributed by atoms with Gasteiger partial charge in [0.15, 0.2) is 5.82 Å². The summed E-state index contributed by atoms with van der Waals surface area (Å²) >= 11 is 1.69. The third-order valence-corrected chi connectivity index (χ3v) is 5.74. The summed E-state index contributed by atoms with van der Waals surface area (Å²) in [5, 5.41) is 14.6. The largest absolute Gasteiger partial charge is 0.212 e. The Morgan fingerprint density at radius 1 is 0.963 bits per heavy atom. The summed E-state index contributed by atoms with van der Waals surface area (Å²) in [5.74, 6) is 2.51. The Hall–Kier alpha value is -2.40. The van der Waals surface area contributed by atoms with E-state index < -0.39 is 0 Å². The number of rotatable bonds is 5. The molecule has 5 heteroatoms. The first-order valence-electron chi connectivity index (χ1n) is 9.42. The van der Waals surface area contributed by atoms with Crippen molar-refractivity contribution in [3.05, 3.63) is 77.1 Å². The average Bonchev–Trinajstić information content (AvgIpc) is 3.11. The molecule has 1 aromatic heterocycles. The number of aromatic nitrogens is 3. The van der Waals surface area contributed by atoms with Gasteiger partial charge in [0.25, 0.3) is 0 Å². The van der Waals surface area contributed by atoms with E-state index >= 15 is 0 Å². The van der Waals surface area contributed by atoms with Crippen LogP contribution in [0.25, 0.3) is 0 Å². The normalized spacial score (nSPS) is 14.7. The van der Waals surface area contributed by atoms with Crippen LogP contribution in [0.4, 0.5) is 0 Å². The van der Waals surface area contributed by atoms with Crippen molar-refractivity contribution >= 4 is 17.5 Å². The van der Waals surface area contributed by atoms with Crippen molar-refractivity contribution < 1.29 is 0 Å². The maximum absolute atomic E-state index is 4.87. The first kappa shape index (κ1) is 18.0. The summed E-state index contributed by atoms with van der Waals surface area (Å²) in [4.78, 5) is 0. The van der Waals surface area contributed by atoms with E-state index in [4.69, 9.17) is 5.10 Å². The molecule has 1 aliphatic rings. The lowest BCUT2D eigenvalue weighted by Crippen LogP contribution is -2.15. The molecule has 2 heterocycles. The monoisotopic (exact) mass is 376 g/mol. The van der Waals surface area contributed by atoms with Crippen molar-refractivity contribution in [3.63, 3.8) is 0 Å². The molecule has 0 saturated carbocycles. The third kappa shape index (κ3) is 3.83. The van der Waals surface area contributed by atoms with Crippen LogP contribution >= 0.6 is 11.8 Å². The molecule has 4 rings (SSSR count). The third-order valence-electron chi connectivity index (χ3n) is 4.81. The van der Waals surface area contributed by atoms with Crippen LogP contribution < -0.4 is 0 Å². The zero-order chi connectivity index (χ0) is 18.8. The molecular weight excluding hydrogens is 352 g/mol. The molecule has 1 aliphatic heterocycles. The number of hydrogen-bond acceptors (Lipinski definition) is 4. The van der Waals surface area contributed by atoms with Crippen molar-refractivity contribution in [3.8, 4) is 0 Å². The molecule has 0 aliphatic carbocycles. The fraction of sp³-hybridized carbons (Fsp3) is 0.318. The van der Waals surface area contributed by atoms with E-state index in [0.29, 0.717) is 5.92 Å². The van der Waals surface area contributed by atoms with Crippen molar-refractivity contribution in [1.29, 1.82) is 0 Å². The van der Waals surface area contributed by atoms with Gasteiger partial charge >= 0.3 is 0 Å². The maximum Gasteiger partial charge on any atom is 0.212 e. The highest BCUT2D eigenvalue weighted by Crippen LogP contribution is 2.30. The second kappa shape index (κ2) is 7.69. The Kier molecular flexibility index (Phi) is 5.12. The van der Waals surface area contributed by atoms with Crippen LogP contribution in [-0.4, -0.2) is 26.3 Å². The molecule has 0 N–H and O–H groups in total. The number of nitrogens with zero attached hydrogens (tertiary/aromatic N) is 4. The molecule has 27 heavy (non-hydrogen) atoms. The van der Waals surface area contributed by atoms with E-state index in [2.05, 4.69) is 67.4 Å². The standard InChI is InChI=1S/C22H24N4S/c1-15(2)13-17-9-11-18(12-10-17)16(3)21-23-24-22-26(21)25-20(14-27-22)19-7-5-4-6-8-19/h4-12,15-16H,13-14H2,1-3H3. The fourth-order valence-corrected chi connectivity index (χ4v) is 4.19. The second-order valence-electron chi connectivity index (χ2n) is 7.42. The van der Waals surface area contributed by atoms with E-state index in [1.54, 1.807) is 11.8 Å². The van der Waals surface area contributed by atoms with E-state index in [-0.39, 0.29) is 5.92 Å². The van der Waals surface area contributed by atoms with Crippen LogP contribution in [0.2, 0.25) is 0 Å². The van der Waals surface area contributed by atoms with Crippen molar-refractivity contribution in [2.75, 3.05) is 5.75 Å². The summed E-state index contributed by atoms with van der Waals surface area (Å²) in [6, 6.07) is 19.2. The molecule has 3 aromatic rings. The van der Waals surface area contributed by atoms with Crippen molar-refractivity contribution in [2.24, 2.45) is 11.0 Å². The van der Waals surface area contributed by atoms with Gasteiger partial charge in [-0.1, -0.05) is 87.1 Å². The van der Waals surface area contributed by atoms with Gasteiger partial charge in [-0.25, -0.2) is 0 Å². The van der Waals surface area contributed by atoms with Crippen molar-refractivity contribution in [1.82, 2.24) is 14.9 Å². The molecule has 1 atom stereocenters. The fourth-order valence-electron chi connectivity index (χ4n) is 3.35. The highest BCUT2D eigenvalue weighted by Gasteiger charge is 2.23. The lowest BCUT2D eigenvalue weighted by atomic mass is 9.96. The minimum atomic E-state index is 0.138. The quantitative estimate of drug-likeness (QED) is 0.630. The van der Waals surface area contributed by atoms with E-state index in [0.717, 1.165) is 34.4 Å². The van der Waals surface area contributed by atoms with Gasteiger partial charge in [0.2, 0.25) is 5.16 Å². The van der Waals surface area contributed by atoms with Crippen LogP contribution in [0.1, 0.15) is 49.2 Å². The molecule has 0 amide bonds. The van der Waals surface area contributed by atoms with E-state index in [9.17, 15) is 0 Å². The predicted molar refractivity (Wildman–Crippen MR) is 112 cm³/mol. The van der Waals surface area contributed by atoms with Crippen LogP contribution in [0.15, 0.2) is 64.9 Å². The van der Waals surface area contributed by atoms with Gasteiger partial charge in [-0.15, -0.1) is 10.2 Å². The molecule has 0 fully saturated rings. The first-order valence-corrected chi connectivity index (χ1v) is 10.4. The molecule has 0 radical (unpaired) electrons. The lowest BCUT2D eigenvalue weighted by Gasteiger charge is -2.17. The maximum atomic E-state index is 4.87. The average molecular weight is 377 g/mol. The van der Waals surface area contributed by atoms with E-state index in [1.165, 1.54) is 11.1 Å². The topological polar surface area (TPSA) is 43.1 Å². The zero-order valence-electron chi connectivity index (χ0n) is 16.0. The molecule has 0 saturated heterocycles. The number of fused-ring (bicyclic) bond motifs is 1. The summed E-state index contributed by atoms with van der Waals surface area (Å²) in [6.07, 6.45) is 1.11. The molecule has 0 bridgehead atoms. The summed E-state index contributed by atoms with van der Waals surface area (Å²) in [7, 11) is 0. The number of thioether (sulfide) groups is 1. The molecule has 138 valence electrons. The molecule has 2 aromatic carbocycles. The van der Waals surface area contributed by atoms with Gasteiger partial charge in [-0.3, -0.25) is 0 Å². The van der Waals surface area contributed by atoms with Gasteiger partial charge in [-0.05, 0) is 29.0 Å². The Morgan fingerprint density at radius 2 is 1.70 bits per heavy atom. The van der Waals surface area contributed by atoms with Crippen LogP contribution in [0, 0.1) is 5.92 Å². The van der Waals surface area contributed by atoms with Gasteiger partial charge in [0.1, 0.15) is 0 Å². The summed E-state index contributed by atoms with van der Waals surface area (Å²) in [6.45, 7) is 6.67. The predicted octanol–water partition coefficient (Wildman–Crippen LogP) is 4.99. The smallest absolute Gasteiger partial charge is 0.191 e. The molecule has 0 spiro atoms. The van der Waals surface area contributed by atoms with Crippen LogP contribution in [0.3, 0.4) is 0 Å². The molecule has 4 nitrogen and oxygen atoms in total. The van der Waals surface area contributed by atoms with Gasteiger partial charge < -0.3 is 0 Å². The Labute approximate surface area is 164 Å². The SMILES string of the molecule is CC(C)Cc1ccc(C(C)c2nnc3n2N=C(c2ccccc2)CS3)cc1. The summed E-state index contributed by atoms with van der Waals surface area (Å²) < 4.78 is 1.92. The first-order chi connectivity index (χ1) is 13.1. The van der Waals surface area contributed by atoms with Crippen LogP contribution in [0.5, 0.6) is 0 Å². The minimum absolute atomic E-state index is 0.138. The van der Waals surface area contributed by atoms with Crippen LogP contribution in [-0.2, 0) is 6.42 Å². The number of hydrogen-bond donors (Lipinski definition) is 0. The lowest BCUT2D eigenvalue weighted by molar-refractivity contribution is 0.646. The second-order valence-corrected chi connectivity index (χ2v) is 8.36. The number of benzene rings is 2. The van der Waals surface area contributed by atoms with E-state index in [1.807, 2.05) is 22.9 Å². The van der Waals surface area contributed by atoms with Gasteiger partial charge in [0.05, 0.1) is 5.71 Å². The minimum Gasteiger partial charge on any atom is -0.191 e.